The fraction of sp³-hybridized carbons (Fsp3) is 0.947. The van der Waals surface area contributed by atoms with Crippen LogP contribution in [0, 0.1) is 17.8 Å². The Bertz CT molecular complexity index is 315. The first-order chi connectivity index (χ1) is 10.7. The van der Waals surface area contributed by atoms with Gasteiger partial charge in [0.05, 0.1) is 6.10 Å². The molecule has 22 heavy (non-hydrogen) atoms. The summed E-state index contributed by atoms with van der Waals surface area (Å²) in [5.74, 6) is 3.26. The fourth-order valence-electron chi connectivity index (χ4n) is 4.16. The van der Waals surface area contributed by atoms with Crippen LogP contribution in [0.3, 0.4) is 0 Å². The molecule has 0 bridgehead atoms. The highest BCUT2D eigenvalue weighted by Gasteiger charge is 2.27. The van der Waals surface area contributed by atoms with E-state index in [1.807, 2.05) is 6.92 Å². The van der Waals surface area contributed by atoms with Crippen molar-refractivity contribution in [2.24, 2.45) is 17.8 Å². The summed E-state index contributed by atoms with van der Waals surface area (Å²) >= 11 is 5.78. The summed E-state index contributed by atoms with van der Waals surface area (Å²) < 4.78 is 6.17. The second-order valence-electron chi connectivity index (χ2n) is 7.34. The number of carbonyl (C=O) groups excluding carboxylic acids is 1. The summed E-state index contributed by atoms with van der Waals surface area (Å²) in [4.78, 5) is 11.7. The molecule has 0 aromatic heterocycles. The van der Waals surface area contributed by atoms with Crippen LogP contribution in [0.25, 0.3) is 0 Å². The van der Waals surface area contributed by atoms with Crippen molar-refractivity contribution < 1.29 is 9.53 Å². The van der Waals surface area contributed by atoms with Gasteiger partial charge in [0.1, 0.15) is 5.78 Å². The predicted octanol–water partition coefficient (Wildman–Crippen LogP) is 5.37. The van der Waals surface area contributed by atoms with Crippen LogP contribution >= 0.6 is 11.6 Å². The van der Waals surface area contributed by atoms with Crippen molar-refractivity contribution in [2.75, 3.05) is 12.5 Å². The van der Waals surface area contributed by atoms with Crippen molar-refractivity contribution in [2.45, 2.75) is 83.7 Å². The standard InChI is InChI=1S/C19H33ClO2/c1-2-19(21)17-9-11-18(12-10-17)22-14-16-7-5-15(6-8-16)4-3-13-20/h15-18H,2-14H2,1H3. The lowest BCUT2D eigenvalue weighted by Gasteiger charge is -2.32. The lowest BCUT2D eigenvalue weighted by molar-refractivity contribution is -0.124. The minimum atomic E-state index is 0.322. The van der Waals surface area contributed by atoms with Crippen molar-refractivity contribution in [3.05, 3.63) is 0 Å². The molecule has 0 unspecified atom stereocenters. The molecule has 2 aliphatic rings. The molecule has 0 spiro atoms. The topological polar surface area (TPSA) is 26.3 Å². The molecule has 0 aromatic rings. The van der Waals surface area contributed by atoms with E-state index in [2.05, 4.69) is 0 Å². The monoisotopic (exact) mass is 328 g/mol. The Morgan fingerprint density at radius 2 is 1.64 bits per heavy atom. The summed E-state index contributed by atoms with van der Waals surface area (Å²) in [6, 6.07) is 0. The van der Waals surface area contributed by atoms with Gasteiger partial charge in [-0.1, -0.05) is 19.8 Å². The number of carbonyl (C=O) groups is 1. The minimum absolute atomic E-state index is 0.322. The summed E-state index contributed by atoms with van der Waals surface area (Å²) in [5, 5.41) is 0. The summed E-state index contributed by atoms with van der Waals surface area (Å²) in [5.41, 5.74) is 0. The molecule has 0 amide bonds. The van der Waals surface area contributed by atoms with Crippen LogP contribution in [0.1, 0.15) is 77.6 Å². The average molecular weight is 329 g/mol. The van der Waals surface area contributed by atoms with Gasteiger partial charge in [-0.05, 0) is 63.2 Å². The minimum Gasteiger partial charge on any atom is -0.378 e. The first kappa shape index (κ1) is 18.3. The molecule has 3 heteroatoms. The molecule has 2 aliphatic carbocycles. The third-order valence-corrected chi connectivity index (χ3v) is 6.03. The highest BCUT2D eigenvalue weighted by Crippen LogP contribution is 2.33. The zero-order valence-electron chi connectivity index (χ0n) is 14.2. The van der Waals surface area contributed by atoms with Crippen LogP contribution in [-0.4, -0.2) is 24.4 Å². The van der Waals surface area contributed by atoms with Gasteiger partial charge < -0.3 is 4.74 Å². The van der Waals surface area contributed by atoms with Crippen LogP contribution in [0.15, 0.2) is 0 Å². The number of ether oxygens (including phenoxy) is 1. The second-order valence-corrected chi connectivity index (χ2v) is 7.72. The second kappa shape index (κ2) is 9.93. The van der Waals surface area contributed by atoms with Crippen molar-refractivity contribution in [3.63, 3.8) is 0 Å². The largest absolute Gasteiger partial charge is 0.378 e. The molecule has 0 radical (unpaired) electrons. The van der Waals surface area contributed by atoms with Crippen molar-refractivity contribution >= 4 is 17.4 Å². The van der Waals surface area contributed by atoms with Gasteiger partial charge in [-0.15, -0.1) is 11.6 Å². The van der Waals surface area contributed by atoms with Gasteiger partial charge in [0, 0.05) is 24.8 Å². The molecule has 0 saturated heterocycles. The number of hydrogen-bond acceptors (Lipinski definition) is 2. The SMILES string of the molecule is CCC(=O)C1CCC(OCC2CCC(CCCCl)CC2)CC1. The fourth-order valence-corrected chi connectivity index (χ4v) is 4.32. The quantitative estimate of drug-likeness (QED) is 0.560. The Kier molecular flexibility index (Phi) is 8.24. The molecule has 2 fully saturated rings. The van der Waals surface area contributed by atoms with E-state index in [4.69, 9.17) is 16.3 Å². The van der Waals surface area contributed by atoms with Gasteiger partial charge in [0.2, 0.25) is 0 Å². The average Bonchev–Trinajstić information content (AvgIpc) is 2.58. The van der Waals surface area contributed by atoms with E-state index in [1.54, 1.807) is 0 Å². The predicted molar refractivity (Wildman–Crippen MR) is 92.4 cm³/mol. The van der Waals surface area contributed by atoms with E-state index in [9.17, 15) is 4.79 Å². The molecule has 2 nitrogen and oxygen atoms in total. The smallest absolute Gasteiger partial charge is 0.135 e. The van der Waals surface area contributed by atoms with Crippen LogP contribution in [-0.2, 0) is 9.53 Å². The van der Waals surface area contributed by atoms with Crippen LogP contribution in [0.5, 0.6) is 0 Å². The number of Topliss-reactive ketones (excluding diaryl/α,β-unsaturated/α-hetero) is 1. The number of rotatable bonds is 8. The third kappa shape index (κ3) is 5.85. The zero-order valence-corrected chi connectivity index (χ0v) is 15.0. The van der Waals surface area contributed by atoms with E-state index in [0.29, 0.717) is 24.2 Å². The summed E-state index contributed by atoms with van der Waals surface area (Å²) in [6.07, 6.45) is 13.2. The Morgan fingerprint density at radius 1 is 1.00 bits per heavy atom. The first-order valence-corrected chi connectivity index (χ1v) is 9.96. The molecule has 0 heterocycles. The highest BCUT2D eigenvalue weighted by molar-refractivity contribution is 6.17. The van der Waals surface area contributed by atoms with Gasteiger partial charge >= 0.3 is 0 Å². The Labute approximate surface area is 141 Å². The lowest BCUT2D eigenvalue weighted by Crippen LogP contribution is -2.28. The van der Waals surface area contributed by atoms with Crippen LogP contribution in [0.2, 0.25) is 0 Å². The summed E-state index contributed by atoms with van der Waals surface area (Å²) in [7, 11) is 0. The normalized spacial score (nSPS) is 32.8. The molecule has 0 aromatic carbocycles. The summed E-state index contributed by atoms with van der Waals surface area (Å²) in [6.45, 7) is 2.92. The lowest BCUT2D eigenvalue weighted by atomic mass is 9.80. The highest BCUT2D eigenvalue weighted by atomic mass is 35.5. The Morgan fingerprint density at radius 3 is 2.23 bits per heavy atom. The third-order valence-electron chi connectivity index (χ3n) is 5.76. The molecule has 0 aliphatic heterocycles. The van der Waals surface area contributed by atoms with Gasteiger partial charge in [-0.25, -0.2) is 0 Å². The molecule has 0 N–H and O–H groups in total. The number of alkyl halides is 1. The Hall–Kier alpha value is -0.0800. The zero-order chi connectivity index (χ0) is 15.8. The van der Waals surface area contributed by atoms with E-state index >= 15 is 0 Å². The Balaban J connectivity index is 1.57. The maximum absolute atomic E-state index is 11.7. The van der Waals surface area contributed by atoms with E-state index in [1.165, 1.54) is 38.5 Å². The van der Waals surface area contributed by atoms with E-state index in [-0.39, 0.29) is 0 Å². The molecular weight excluding hydrogens is 296 g/mol. The number of hydrogen-bond donors (Lipinski definition) is 0. The molecule has 2 rings (SSSR count). The number of ketones is 1. The van der Waals surface area contributed by atoms with E-state index in [0.717, 1.165) is 50.0 Å². The van der Waals surface area contributed by atoms with Crippen molar-refractivity contribution in [1.29, 1.82) is 0 Å². The molecule has 2 saturated carbocycles. The maximum atomic E-state index is 11.7. The van der Waals surface area contributed by atoms with E-state index < -0.39 is 0 Å². The van der Waals surface area contributed by atoms with Gasteiger partial charge in [-0.3, -0.25) is 4.79 Å². The van der Waals surface area contributed by atoms with Gasteiger partial charge in [-0.2, -0.15) is 0 Å². The molecule has 0 atom stereocenters. The van der Waals surface area contributed by atoms with Crippen LogP contribution < -0.4 is 0 Å². The van der Waals surface area contributed by atoms with Gasteiger partial charge in [0.15, 0.2) is 0 Å². The van der Waals surface area contributed by atoms with Crippen molar-refractivity contribution in [3.8, 4) is 0 Å². The van der Waals surface area contributed by atoms with Gasteiger partial charge in [0.25, 0.3) is 0 Å². The first-order valence-electron chi connectivity index (χ1n) is 9.43. The van der Waals surface area contributed by atoms with Crippen LogP contribution in [0.4, 0.5) is 0 Å². The maximum Gasteiger partial charge on any atom is 0.135 e. The molecule has 128 valence electrons. The number of halogens is 1. The molecular formula is C19H33ClO2. The van der Waals surface area contributed by atoms with Crippen molar-refractivity contribution in [1.82, 2.24) is 0 Å².